The van der Waals surface area contributed by atoms with E-state index >= 15 is 0 Å². The number of ether oxygens (including phenoxy) is 1. The summed E-state index contributed by atoms with van der Waals surface area (Å²) in [5.41, 5.74) is 1.72. The Morgan fingerprint density at radius 3 is 2.54 bits per heavy atom. The zero-order valence-corrected chi connectivity index (χ0v) is 14.3. The first-order valence-electron chi connectivity index (χ1n) is 8.80. The molecule has 1 aromatic heterocycles. The van der Waals surface area contributed by atoms with Crippen molar-refractivity contribution in [2.75, 3.05) is 26.2 Å². The molecule has 0 N–H and O–H groups in total. The summed E-state index contributed by atoms with van der Waals surface area (Å²) in [5.74, 6) is 0.879. The van der Waals surface area contributed by atoms with Crippen LogP contribution in [-0.2, 0) is 6.54 Å². The fourth-order valence-corrected chi connectivity index (χ4v) is 3.04. The molecule has 0 radical (unpaired) electrons. The molecule has 2 aromatic rings. The molecule has 1 saturated heterocycles. The fourth-order valence-electron chi connectivity index (χ4n) is 3.04. The standard InChI is InChI=1S/C19H25N3O2/c1-2-22-19(23)11-10-18(20-22)16-6-8-17(9-7-16)24-15-5-14-21-12-3-4-13-21/h6-11H,2-5,12-15H2,1H3. The van der Waals surface area contributed by atoms with Crippen molar-refractivity contribution in [1.82, 2.24) is 14.7 Å². The molecule has 1 fully saturated rings. The lowest BCUT2D eigenvalue weighted by Crippen LogP contribution is -2.21. The van der Waals surface area contributed by atoms with Gasteiger partial charge in [0.05, 0.1) is 12.3 Å². The lowest BCUT2D eigenvalue weighted by molar-refractivity contribution is 0.263. The molecule has 0 aliphatic carbocycles. The highest BCUT2D eigenvalue weighted by Crippen LogP contribution is 2.20. The minimum atomic E-state index is -0.0702. The highest BCUT2D eigenvalue weighted by Gasteiger charge is 2.10. The molecule has 128 valence electrons. The van der Waals surface area contributed by atoms with Crippen LogP contribution in [0.1, 0.15) is 26.2 Å². The second-order valence-corrected chi connectivity index (χ2v) is 6.15. The average molecular weight is 327 g/mol. The van der Waals surface area contributed by atoms with Gasteiger partial charge in [0, 0.05) is 24.7 Å². The Balaban J connectivity index is 1.54. The van der Waals surface area contributed by atoms with Crippen molar-refractivity contribution in [1.29, 1.82) is 0 Å². The van der Waals surface area contributed by atoms with Gasteiger partial charge in [0.2, 0.25) is 0 Å². The first-order valence-corrected chi connectivity index (χ1v) is 8.80. The fraction of sp³-hybridized carbons (Fsp3) is 0.474. The number of aromatic nitrogens is 2. The summed E-state index contributed by atoms with van der Waals surface area (Å²) >= 11 is 0. The van der Waals surface area contributed by atoms with E-state index in [1.54, 1.807) is 12.1 Å². The molecule has 3 rings (SSSR count). The van der Waals surface area contributed by atoms with Crippen molar-refractivity contribution < 1.29 is 4.74 Å². The van der Waals surface area contributed by atoms with E-state index in [1.807, 2.05) is 31.2 Å². The van der Waals surface area contributed by atoms with Crippen LogP contribution in [0.3, 0.4) is 0 Å². The molecular weight excluding hydrogens is 302 g/mol. The van der Waals surface area contributed by atoms with Crippen LogP contribution in [-0.4, -0.2) is 40.9 Å². The van der Waals surface area contributed by atoms with Gasteiger partial charge in [-0.25, -0.2) is 4.68 Å². The molecule has 1 aliphatic rings. The Morgan fingerprint density at radius 1 is 1.08 bits per heavy atom. The van der Waals surface area contributed by atoms with Gasteiger partial charge in [-0.3, -0.25) is 4.79 Å². The van der Waals surface area contributed by atoms with E-state index in [4.69, 9.17) is 4.74 Å². The summed E-state index contributed by atoms with van der Waals surface area (Å²) in [6, 6.07) is 11.2. The van der Waals surface area contributed by atoms with Crippen molar-refractivity contribution in [3.05, 3.63) is 46.8 Å². The van der Waals surface area contributed by atoms with Crippen molar-refractivity contribution in [2.45, 2.75) is 32.7 Å². The van der Waals surface area contributed by atoms with Crippen LogP contribution in [0, 0.1) is 0 Å². The maximum absolute atomic E-state index is 11.6. The van der Waals surface area contributed by atoms with E-state index in [0.717, 1.165) is 36.6 Å². The summed E-state index contributed by atoms with van der Waals surface area (Å²) in [6.07, 6.45) is 3.73. The molecule has 0 unspecified atom stereocenters. The Labute approximate surface area is 142 Å². The summed E-state index contributed by atoms with van der Waals surface area (Å²) in [5, 5.41) is 4.37. The molecule has 0 spiro atoms. The van der Waals surface area contributed by atoms with Gasteiger partial charge in [-0.05, 0) is 69.6 Å². The van der Waals surface area contributed by atoms with Crippen molar-refractivity contribution >= 4 is 0 Å². The number of aryl methyl sites for hydroxylation is 1. The van der Waals surface area contributed by atoms with Crippen molar-refractivity contribution in [3.8, 4) is 17.0 Å². The highest BCUT2D eigenvalue weighted by atomic mass is 16.5. The van der Waals surface area contributed by atoms with E-state index in [-0.39, 0.29) is 5.56 Å². The molecule has 0 saturated carbocycles. The van der Waals surface area contributed by atoms with E-state index < -0.39 is 0 Å². The van der Waals surface area contributed by atoms with Crippen LogP contribution in [0.15, 0.2) is 41.2 Å². The predicted molar refractivity (Wildman–Crippen MR) is 95.4 cm³/mol. The number of nitrogens with zero attached hydrogens (tertiary/aromatic N) is 3. The SMILES string of the molecule is CCn1nc(-c2ccc(OCCCN3CCCC3)cc2)ccc1=O. The number of likely N-dealkylation sites (tertiary alicyclic amines) is 1. The third kappa shape index (κ3) is 4.23. The highest BCUT2D eigenvalue weighted by molar-refractivity contribution is 5.59. The molecule has 0 atom stereocenters. The minimum absolute atomic E-state index is 0.0702. The van der Waals surface area contributed by atoms with E-state index in [0.29, 0.717) is 6.54 Å². The zero-order valence-electron chi connectivity index (χ0n) is 14.3. The predicted octanol–water partition coefficient (Wildman–Crippen LogP) is 2.79. The normalized spacial score (nSPS) is 14.9. The Kier molecular flexibility index (Phi) is 5.64. The van der Waals surface area contributed by atoms with Crippen LogP contribution < -0.4 is 10.3 Å². The lowest BCUT2D eigenvalue weighted by Gasteiger charge is -2.14. The molecule has 1 aromatic carbocycles. The number of rotatable bonds is 7. The monoisotopic (exact) mass is 327 g/mol. The molecule has 1 aliphatic heterocycles. The van der Waals surface area contributed by atoms with Crippen molar-refractivity contribution in [2.24, 2.45) is 0 Å². The molecule has 0 bridgehead atoms. The second-order valence-electron chi connectivity index (χ2n) is 6.15. The van der Waals surface area contributed by atoms with Gasteiger partial charge >= 0.3 is 0 Å². The maximum Gasteiger partial charge on any atom is 0.266 e. The van der Waals surface area contributed by atoms with Gasteiger partial charge in [0.15, 0.2) is 0 Å². The van der Waals surface area contributed by atoms with Gasteiger partial charge in [0.1, 0.15) is 5.75 Å². The van der Waals surface area contributed by atoms with Crippen LogP contribution >= 0.6 is 0 Å². The molecule has 2 heterocycles. The summed E-state index contributed by atoms with van der Waals surface area (Å²) < 4.78 is 7.29. The molecule has 5 nitrogen and oxygen atoms in total. The Bertz CT molecular complexity index is 703. The third-order valence-corrected chi connectivity index (χ3v) is 4.40. The Hall–Kier alpha value is -2.14. The van der Waals surface area contributed by atoms with Gasteiger partial charge in [0.25, 0.3) is 5.56 Å². The first kappa shape index (κ1) is 16.7. The zero-order chi connectivity index (χ0) is 16.8. The summed E-state index contributed by atoms with van der Waals surface area (Å²) in [7, 11) is 0. The minimum Gasteiger partial charge on any atom is -0.494 e. The van der Waals surface area contributed by atoms with E-state index in [9.17, 15) is 4.79 Å². The molecule has 5 heteroatoms. The summed E-state index contributed by atoms with van der Waals surface area (Å²) in [6.45, 7) is 6.83. The van der Waals surface area contributed by atoms with E-state index in [2.05, 4.69) is 10.00 Å². The maximum atomic E-state index is 11.6. The molecule has 0 amide bonds. The average Bonchev–Trinajstić information content (AvgIpc) is 3.13. The first-order chi connectivity index (χ1) is 11.8. The molecule has 24 heavy (non-hydrogen) atoms. The quantitative estimate of drug-likeness (QED) is 0.734. The second kappa shape index (κ2) is 8.11. The van der Waals surface area contributed by atoms with Crippen LogP contribution in [0.4, 0.5) is 0 Å². The Morgan fingerprint density at radius 2 is 1.83 bits per heavy atom. The topological polar surface area (TPSA) is 47.4 Å². The lowest BCUT2D eigenvalue weighted by atomic mass is 10.1. The largest absolute Gasteiger partial charge is 0.494 e. The van der Waals surface area contributed by atoms with Gasteiger partial charge < -0.3 is 9.64 Å². The van der Waals surface area contributed by atoms with Gasteiger partial charge in [-0.2, -0.15) is 5.10 Å². The van der Waals surface area contributed by atoms with Gasteiger partial charge in [-0.1, -0.05) is 0 Å². The van der Waals surface area contributed by atoms with Gasteiger partial charge in [-0.15, -0.1) is 0 Å². The van der Waals surface area contributed by atoms with Crippen LogP contribution in [0.2, 0.25) is 0 Å². The number of hydrogen-bond acceptors (Lipinski definition) is 4. The van der Waals surface area contributed by atoms with Crippen LogP contribution in [0.5, 0.6) is 5.75 Å². The summed E-state index contributed by atoms with van der Waals surface area (Å²) in [4.78, 5) is 14.1. The van der Waals surface area contributed by atoms with Crippen LogP contribution in [0.25, 0.3) is 11.3 Å². The number of hydrogen-bond donors (Lipinski definition) is 0. The third-order valence-electron chi connectivity index (χ3n) is 4.40. The van der Waals surface area contributed by atoms with E-state index in [1.165, 1.54) is 30.6 Å². The number of benzene rings is 1. The smallest absolute Gasteiger partial charge is 0.266 e. The molecular formula is C19H25N3O2. The van der Waals surface area contributed by atoms with Crippen molar-refractivity contribution in [3.63, 3.8) is 0 Å².